The zero-order valence-corrected chi connectivity index (χ0v) is 7.38. The number of rotatable bonds is 1. The molecule has 0 saturated heterocycles. The molecule has 0 aliphatic carbocycles. The number of aromatic nitrogens is 1. The monoisotopic (exact) mass is 195 g/mol. The summed E-state index contributed by atoms with van der Waals surface area (Å²) in [4.78, 5) is 13.7. The molecule has 4 heteroatoms. The van der Waals surface area contributed by atoms with Crippen LogP contribution in [0.15, 0.2) is 12.1 Å². The van der Waals surface area contributed by atoms with Crippen LogP contribution in [-0.2, 0) is 4.79 Å². The molecule has 0 unspecified atom stereocenters. The summed E-state index contributed by atoms with van der Waals surface area (Å²) in [7, 11) is 0. The van der Waals surface area contributed by atoms with Crippen LogP contribution in [-0.4, -0.2) is 16.4 Å². The lowest BCUT2D eigenvalue weighted by Gasteiger charge is -1.94. The Balaban J connectivity index is 2.95. The van der Waals surface area contributed by atoms with Gasteiger partial charge in [-0.15, -0.1) is 0 Å². The molecule has 0 aromatic carbocycles. The molecule has 1 rings (SSSR count). The summed E-state index contributed by atoms with van der Waals surface area (Å²) in [5.41, 5.74) is 0.189. The number of hydrogen-bond donors (Lipinski definition) is 1. The molecule has 0 bridgehead atoms. The molecule has 0 aliphatic rings. The number of carbonyl (C=O) groups is 1. The summed E-state index contributed by atoms with van der Waals surface area (Å²) in [6.45, 7) is 0. The summed E-state index contributed by atoms with van der Waals surface area (Å²) in [6.07, 6.45) is 0.794. The Kier molecular flexibility index (Phi) is 3.30. The zero-order valence-electron chi connectivity index (χ0n) is 6.62. The average Bonchev–Trinajstić information content (AvgIpc) is 2.11. The highest BCUT2D eigenvalue weighted by molar-refractivity contribution is 6.29. The fraction of sp³-hybridized carbons (Fsp3) is 0.111. The first-order valence-corrected chi connectivity index (χ1v) is 3.90. The molecule has 13 heavy (non-hydrogen) atoms. The summed E-state index contributed by atoms with van der Waals surface area (Å²) in [5, 5.41) is 9.48. The van der Waals surface area contributed by atoms with Crippen molar-refractivity contribution in [1.29, 1.82) is 0 Å². The Morgan fingerprint density at radius 1 is 1.62 bits per heavy atom. The minimum absolute atomic E-state index is 0.0391. The predicted octanol–water partition coefficient (Wildman–Crippen LogP) is 1.38. The van der Waals surface area contributed by atoms with Crippen LogP contribution in [0, 0.1) is 11.8 Å². The number of hydrogen-bond acceptors (Lipinski definition) is 3. The SMILES string of the molecule is O=CCC#Cc1nc(Cl)ccc1O. The van der Waals surface area contributed by atoms with Gasteiger partial charge in [0.25, 0.3) is 0 Å². The number of aromatic hydroxyl groups is 1. The van der Waals surface area contributed by atoms with Crippen molar-refractivity contribution >= 4 is 17.9 Å². The van der Waals surface area contributed by atoms with E-state index < -0.39 is 0 Å². The molecular formula is C9H6ClNO2. The van der Waals surface area contributed by atoms with Gasteiger partial charge in [0.1, 0.15) is 17.2 Å². The number of nitrogens with zero attached hydrogens (tertiary/aromatic N) is 1. The lowest BCUT2D eigenvalue weighted by molar-refractivity contribution is -0.107. The molecule has 0 fully saturated rings. The van der Waals surface area contributed by atoms with E-state index in [1.807, 2.05) is 0 Å². The Hall–Kier alpha value is -1.53. The van der Waals surface area contributed by atoms with Crippen molar-refractivity contribution in [3.63, 3.8) is 0 Å². The van der Waals surface area contributed by atoms with E-state index >= 15 is 0 Å². The number of pyridine rings is 1. The summed E-state index contributed by atoms with van der Waals surface area (Å²) in [6, 6.07) is 2.86. The van der Waals surface area contributed by atoms with Gasteiger partial charge in [0.05, 0.1) is 6.42 Å². The largest absolute Gasteiger partial charge is 0.505 e. The molecule has 66 valence electrons. The fourth-order valence-corrected chi connectivity index (χ4v) is 0.844. The van der Waals surface area contributed by atoms with E-state index in [2.05, 4.69) is 16.8 Å². The minimum Gasteiger partial charge on any atom is -0.505 e. The van der Waals surface area contributed by atoms with Gasteiger partial charge in [0.2, 0.25) is 0 Å². The standard InChI is InChI=1S/C9H6ClNO2/c10-9-5-4-8(13)7(11-9)3-1-2-6-12/h4-6,13H,2H2. The van der Waals surface area contributed by atoms with E-state index in [4.69, 9.17) is 11.6 Å². The Morgan fingerprint density at radius 2 is 2.38 bits per heavy atom. The minimum atomic E-state index is -0.0391. The third-order valence-electron chi connectivity index (χ3n) is 1.23. The topological polar surface area (TPSA) is 50.2 Å². The van der Waals surface area contributed by atoms with Gasteiger partial charge in [-0.25, -0.2) is 4.98 Å². The predicted molar refractivity (Wildman–Crippen MR) is 48.5 cm³/mol. The smallest absolute Gasteiger partial charge is 0.156 e. The number of carbonyl (C=O) groups excluding carboxylic acids is 1. The summed E-state index contributed by atoms with van der Waals surface area (Å²) >= 11 is 5.57. The molecule has 3 nitrogen and oxygen atoms in total. The second-order valence-electron chi connectivity index (χ2n) is 2.17. The third kappa shape index (κ3) is 2.77. The maximum Gasteiger partial charge on any atom is 0.156 e. The van der Waals surface area contributed by atoms with Crippen LogP contribution >= 0.6 is 11.6 Å². The van der Waals surface area contributed by atoms with E-state index in [0.29, 0.717) is 6.29 Å². The third-order valence-corrected chi connectivity index (χ3v) is 1.44. The lowest BCUT2D eigenvalue weighted by atomic mass is 10.3. The van der Waals surface area contributed by atoms with E-state index in [0.717, 1.165) is 0 Å². The van der Waals surface area contributed by atoms with Gasteiger partial charge < -0.3 is 9.90 Å². The molecule has 1 aromatic heterocycles. The molecule has 1 aromatic rings. The lowest BCUT2D eigenvalue weighted by Crippen LogP contribution is -1.83. The first-order valence-electron chi connectivity index (χ1n) is 3.52. The van der Waals surface area contributed by atoms with Crippen LogP contribution in [0.2, 0.25) is 5.15 Å². The van der Waals surface area contributed by atoms with Gasteiger partial charge in [0.15, 0.2) is 5.69 Å². The van der Waals surface area contributed by atoms with Gasteiger partial charge in [0, 0.05) is 0 Å². The molecular weight excluding hydrogens is 190 g/mol. The van der Waals surface area contributed by atoms with Crippen molar-refractivity contribution in [3.05, 3.63) is 23.0 Å². The maximum atomic E-state index is 9.94. The Labute approximate surface area is 80.4 Å². The first kappa shape index (κ1) is 9.56. The first-order chi connectivity index (χ1) is 6.24. The molecule has 0 atom stereocenters. The van der Waals surface area contributed by atoms with Crippen LogP contribution in [0.5, 0.6) is 5.75 Å². The molecule has 1 N–H and O–H groups in total. The second kappa shape index (κ2) is 4.48. The van der Waals surface area contributed by atoms with Crippen molar-refractivity contribution in [2.45, 2.75) is 6.42 Å². The van der Waals surface area contributed by atoms with Crippen molar-refractivity contribution < 1.29 is 9.90 Å². The van der Waals surface area contributed by atoms with Gasteiger partial charge in [-0.3, -0.25) is 0 Å². The summed E-state index contributed by atoms with van der Waals surface area (Å²) < 4.78 is 0. The van der Waals surface area contributed by atoms with Crippen LogP contribution in [0.1, 0.15) is 12.1 Å². The van der Waals surface area contributed by atoms with E-state index in [1.165, 1.54) is 12.1 Å². The van der Waals surface area contributed by atoms with Gasteiger partial charge >= 0.3 is 0 Å². The van der Waals surface area contributed by atoms with Gasteiger partial charge in [-0.2, -0.15) is 0 Å². The average molecular weight is 196 g/mol. The zero-order chi connectivity index (χ0) is 9.68. The van der Waals surface area contributed by atoms with Crippen LogP contribution < -0.4 is 0 Å². The van der Waals surface area contributed by atoms with Crippen LogP contribution in [0.4, 0.5) is 0 Å². The number of aldehydes is 1. The summed E-state index contributed by atoms with van der Waals surface area (Å²) in [5.74, 6) is 5.01. The highest BCUT2D eigenvalue weighted by atomic mass is 35.5. The van der Waals surface area contributed by atoms with E-state index in [9.17, 15) is 9.90 Å². The maximum absolute atomic E-state index is 9.94. The van der Waals surface area contributed by atoms with Crippen molar-refractivity contribution in [2.24, 2.45) is 0 Å². The molecule has 0 radical (unpaired) electrons. The molecule has 0 saturated carbocycles. The highest BCUT2D eigenvalue weighted by Crippen LogP contribution is 2.15. The quantitative estimate of drug-likeness (QED) is 0.419. The molecule has 1 heterocycles. The number of halogens is 1. The second-order valence-corrected chi connectivity index (χ2v) is 2.56. The Morgan fingerprint density at radius 3 is 3.08 bits per heavy atom. The van der Waals surface area contributed by atoms with Gasteiger partial charge in [-0.1, -0.05) is 17.5 Å². The highest BCUT2D eigenvalue weighted by Gasteiger charge is 1.98. The van der Waals surface area contributed by atoms with Crippen LogP contribution in [0.25, 0.3) is 0 Å². The van der Waals surface area contributed by atoms with Crippen molar-refractivity contribution in [2.75, 3.05) is 0 Å². The van der Waals surface area contributed by atoms with E-state index in [1.54, 1.807) is 0 Å². The van der Waals surface area contributed by atoms with Crippen molar-refractivity contribution in [3.8, 4) is 17.6 Å². The van der Waals surface area contributed by atoms with E-state index in [-0.39, 0.29) is 23.0 Å². The fourth-order valence-electron chi connectivity index (χ4n) is 0.696. The molecule has 0 spiro atoms. The van der Waals surface area contributed by atoms with Crippen LogP contribution in [0.3, 0.4) is 0 Å². The van der Waals surface area contributed by atoms with Gasteiger partial charge in [-0.05, 0) is 18.1 Å². The normalized spacial score (nSPS) is 8.69. The molecule has 0 amide bonds. The Bertz CT molecular complexity index is 379. The van der Waals surface area contributed by atoms with Crippen molar-refractivity contribution in [1.82, 2.24) is 4.98 Å². The molecule has 0 aliphatic heterocycles.